The van der Waals surface area contributed by atoms with E-state index in [1.807, 2.05) is 29.9 Å². The fraction of sp³-hybridized carbons (Fsp3) is 0.320. The van der Waals surface area contributed by atoms with E-state index in [1.54, 1.807) is 30.5 Å². The first kappa shape index (κ1) is 24.5. The van der Waals surface area contributed by atoms with Gasteiger partial charge in [0.1, 0.15) is 0 Å². The Labute approximate surface area is 199 Å². The van der Waals surface area contributed by atoms with Gasteiger partial charge in [0.25, 0.3) is 5.91 Å². The van der Waals surface area contributed by atoms with Crippen LogP contribution >= 0.6 is 11.8 Å². The average molecular weight is 466 g/mol. The van der Waals surface area contributed by atoms with Gasteiger partial charge in [0, 0.05) is 43.8 Å². The van der Waals surface area contributed by atoms with E-state index in [1.165, 1.54) is 17.3 Å². The zero-order valence-electron chi connectivity index (χ0n) is 19.4. The molecule has 0 radical (unpaired) electrons. The quantitative estimate of drug-likeness (QED) is 0.420. The standard InChI is InChI=1S/C25H31N5O2S/c1-4-30(5-2)17-21-9-7-6-8-20(21)16-27-24(32)19-10-12-22(13-11-19)28-23(31)18-33-25-26-14-15-29(25)3/h6-15H,4-5,16-18H2,1-3H3,(H,27,32)(H,28,31). The molecule has 0 saturated heterocycles. The Kier molecular flexibility index (Phi) is 9.09. The van der Waals surface area contributed by atoms with Gasteiger partial charge in [-0.1, -0.05) is 49.9 Å². The highest BCUT2D eigenvalue weighted by Gasteiger charge is 2.11. The Morgan fingerprint density at radius 3 is 2.36 bits per heavy atom. The van der Waals surface area contributed by atoms with Crippen molar-refractivity contribution in [2.24, 2.45) is 7.05 Å². The minimum absolute atomic E-state index is 0.120. The van der Waals surface area contributed by atoms with Gasteiger partial charge in [0.15, 0.2) is 5.16 Å². The number of nitrogens with one attached hydrogen (secondary N) is 2. The highest BCUT2D eigenvalue weighted by molar-refractivity contribution is 7.99. The number of hydrogen-bond acceptors (Lipinski definition) is 5. The van der Waals surface area contributed by atoms with Crippen LogP contribution < -0.4 is 10.6 Å². The van der Waals surface area contributed by atoms with E-state index < -0.39 is 0 Å². The Morgan fingerprint density at radius 2 is 1.73 bits per heavy atom. The molecule has 2 N–H and O–H groups in total. The molecule has 0 aliphatic rings. The molecule has 0 spiro atoms. The smallest absolute Gasteiger partial charge is 0.251 e. The molecule has 7 nitrogen and oxygen atoms in total. The fourth-order valence-corrected chi connectivity index (χ4v) is 4.11. The topological polar surface area (TPSA) is 79.3 Å². The number of nitrogens with zero attached hydrogens (tertiary/aromatic N) is 3. The summed E-state index contributed by atoms with van der Waals surface area (Å²) in [6, 6.07) is 15.1. The maximum atomic E-state index is 12.6. The number of thioether (sulfide) groups is 1. The predicted octanol–water partition coefficient (Wildman–Crippen LogP) is 3.92. The molecule has 174 valence electrons. The number of benzene rings is 2. The van der Waals surface area contributed by atoms with Crippen molar-refractivity contribution in [2.45, 2.75) is 32.1 Å². The number of aromatic nitrogens is 2. The molecule has 0 aliphatic heterocycles. The van der Waals surface area contributed by atoms with E-state index >= 15 is 0 Å². The van der Waals surface area contributed by atoms with Crippen LogP contribution in [0.15, 0.2) is 66.1 Å². The van der Waals surface area contributed by atoms with Gasteiger partial charge in [-0.05, 0) is 48.5 Å². The van der Waals surface area contributed by atoms with Crippen LogP contribution in [-0.2, 0) is 24.9 Å². The lowest BCUT2D eigenvalue weighted by Gasteiger charge is -2.20. The van der Waals surface area contributed by atoms with Crippen LogP contribution in [0, 0.1) is 0 Å². The van der Waals surface area contributed by atoms with Gasteiger partial charge < -0.3 is 15.2 Å². The molecule has 0 aliphatic carbocycles. The molecule has 0 fully saturated rings. The average Bonchev–Trinajstić information content (AvgIpc) is 3.25. The van der Waals surface area contributed by atoms with Gasteiger partial charge in [-0.2, -0.15) is 0 Å². The molecule has 0 bridgehead atoms. The number of amides is 2. The van der Waals surface area contributed by atoms with Crippen molar-refractivity contribution in [3.05, 3.63) is 77.6 Å². The Bertz CT molecular complexity index is 1060. The number of hydrogen-bond donors (Lipinski definition) is 2. The molecule has 0 unspecified atom stereocenters. The summed E-state index contributed by atoms with van der Waals surface area (Å²) in [5.41, 5.74) is 3.55. The van der Waals surface area contributed by atoms with Crippen molar-refractivity contribution < 1.29 is 9.59 Å². The lowest BCUT2D eigenvalue weighted by Crippen LogP contribution is -2.26. The molecule has 3 aromatic rings. The van der Waals surface area contributed by atoms with Crippen LogP contribution in [0.5, 0.6) is 0 Å². The number of aryl methyl sites for hydroxylation is 1. The van der Waals surface area contributed by atoms with Gasteiger partial charge in [0.2, 0.25) is 5.91 Å². The van der Waals surface area contributed by atoms with Crippen molar-refractivity contribution in [1.82, 2.24) is 19.8 Å². The van der Waals surface area contributed by atoms with Crippen molar-refractivity contribution in [2.75, 3.05) is 24.2 Å². The van der Waals surface area contributed by atoms with E-state index in [0.717, 1.165) is 30.4 Å². The van der Waals surface area contributed by atoms with E-state index in [0.29, 0.717) is 17.8 Å². The lowest BCUT2D eigenvalue weighted by atomic mass is 10.1. The molecule has 1 heterocycles. The SMILES string of the molecule is CCN(CC)Cc1ccccc1CNC(=O)c1ccc(NC(=O)CSc2nccn2C)cc1. The Morgan fingerprint density at radius 1 is 1.03 bits per heavy atom. The van der Waals surface area contributed by atoms with Crippen LogP contribution in [0.2, 0.25) is 0 Å². The third-order valence-electron chi connectivity index (χ3n) is 5.39. The summed E-state index contributed by atoms with van der Waals surface area (Å²) >= 11 is 1.37. The number of carbonyl (C=O) groups excluding carboxylic acids is 2. The number of anilines is 1. The van der Waals surface area contributed by atoms with E-state index in [9.17, 15) is 9.59 Å². The van der Waals surface area contributed by atoms with Crippen LogP contribution in [-0.4, -0.2) is 45.1 Å². The number of carbonyl (C=O) groups is 2. The minimum Gasteiger partial charge on any atom is -0.348 e. The maximum Gasteiger partial charge on any atom is 0.251 e. The number of rotatable bonds is 11. The minimum atomic E-state index is -0.143. The second kappa shape index (κ2) is 12.2. The summed E-state index contributed by atoms with van der Waals surface area (Å²) in [6.45, 7) is 7.62. The maximum absolute atomic E-state index is 12.6. The summed E-state index contributed by atoms with van der Waals surface area (Å²) in [7, 11) is 1.89. The molecular weight excluding hydrogens is 434 g/mol. The third-order valence-corrected chi connectivity index (χ3v) is 6.44. The van der Waals surface area contributed by atoms with Gasteiger partial charge in [0.05, 0.1) is 5.75 Å². The first-order chi connectivity index (χ1) is 16.0. The fourth-order valence-electron chi connectivity index (χ4n) is 3.37. The Balaban J connectivity index is 1.51. The van der Waals surface area contributed by atoms with Crippen molar-refractivity contribution in [1.29, 1.82) is 0 Å². The van der Waals surface area contributed by atoms with Crippen molar-refractivity contribution >= 4 is 29.3 Å². The van der Waals surface area contributed by atoms with Crippen LogP contribution in [0.4, 0.5) is 5.69 Å². The van der Waals surface area contributed by atoms with Crippen molar-refractivity contribution in [3.8, 4) is 0 Å². The molecular formula is C25H31N5O2S. The first-order valence-electron chi connectivity index (χ1n) is 11.1. The zero-order chi connectivity index (χ0) is 23.6. The molecule has 0 saturated carbocycles. The summed E-state index contributed by atoms with van der Waals surface area (Å²) in [6.07, 6.45) is 3.54. The Hall–Kier alpha value is -3.10. The second-order valence-electron chi connectivity index (χ2n) is 7.65. The summed E-state index contributed by atoms with van der Waals surface area (Å²) in [5, 5.41) is 6.65. The monoisotopic (exact) mass is 465 g/mol. The largest absolute Gasteiger partial charge is 0.348 e. The molecule has 2 amide bonds. The third kappa shape index (κ3) is 7.20. The normalized spacial score (nSPS) is 10.9. The molecule has 3 rings (SSSR count). The van der Waals surface area contributed by atoms with Crippen LogP contribution in [0.1, 0.15) is 35.3 Å². The first-order valence-corrected chi connectivity index (χ1v) is 12.1. The summed E-state index contributed by atoms with van der Waals surface area (Å²) in [5.74, 6) is 0.000794. The zero-order valence-corrected chi connectivity index (χ0v) is 20.2. The van der Waals surface area contributed by atoms with E-state index in [-0.39, 0.29) is 17.6 Å². The molecule has 0 atom stereocenters. The molecule has 8 heteroatoms. The number of imidazole rings is 1. The highest BCUT2D eigenvalue weighted by atomic mass is 32.2. The van der Waals surface area contributed by atoms with Gasteiger partial charge in [-0.15, -0.1) is 0 Å². The van der Waals surface area contributed by atoms with Gasteiger partial charge >= 0.3 is 0 Å². The summed E-state index contributed by atoms with van der Waals surface area (Å²) < 4.78 is 1.87. The van der Waals surface area contributed by atoms with Gasteiger partial charge in [-0.25, -0.2) is 4.98 Å². The molecule has 1 aromatic heterocycles. The second-order valence-corrected chi connectivity index (χ2v) is 8.59. The lowest BCUT2D eigenvalue weighted by molar-refractivity contribution is -0.113. The van der Waals surface area contributed by atoms with Gasteiger partial charge in [-0.3, -0.25) is 14.5 Å². The van der Waals surface area contributed by atoms with E-state index in [4.69, 9.17) is 0 Å². The van der Waals surface area contributed by atoms with Crippen molar-refractivity contribution in [3.63, 3.8) is 0 Å². The highest BCUT2D eigenvalue weighted by Crippen LogP contribution is 2.16. The van der Waals surface area contributed by atoms with Crippen LogP contribution in [0.25, 0.3) is 0 Å². The predicted molar refractivity (Wildman–Crippen MR) is 133 cm³/mol. The summed E-state index contributed by atoms with van der Waals surface area (Å²) in [4.78, 5) is 31.4. The van der Waals surface area contributed by atoms with E-state index in [2.05, 4.69) is 46.5 Å². The molecule has 2 aromatic carbocycles. The molecule has 33 heavy (non-hydrogen) atoms. The van der Waals surface area contributed by atoms with Crippen LogP contribution in [0.3, 0.4) is 0 Å².